The van der Waals surface area contributed by atoms with Crippen molar-refractivity contribution < 1.29 is 9.47 Å². The maximum atomic E-state index is 5.91. The monoisotopic (exact) mass is 299 g/mol. The molecule has 0 fully saturated rings. The number of guanidine groups is 1. The second kappa shape index (κ2) is 9.44. The lowest BCUT2D eigenvalue weighted by atomic mass is 10.3. The summed E-state index contributed by atoms with van der Waals surface area (Å²) in [6.07, 6.45) is -0.00515. The number of benzene rings is 1. The van der Waals surface area contributed by atoms with Crippen molar-refractivity contribution in [1.82, 2.24) is 10.6 Å². The first-order chi connectivity index (χ1) is 9.65. The Labute approximate surface area is 125 Å². The highest BCUT2D eigenvalue weighted by Crippen LogP contribution is 2.18. The summed E-state index contributed by atoms with van der Waals surface area (Å²) in [4.78, 5) is 4.12. The number of aliphatic imine (C=N–C) groups is 1. The topological polar surface area (TPSA) is 54.9 Å². The van der Waals surface area contributed by atoms with Gasteiger partial charge in [0, 0.05) is 25.7 Å². The first-order valence-corrected chi connectivity index (χ1v) is 6.89. The van der Waals surface area contributed by atoms with Gasteiger partial charge < -0.3 is 20.1 Å². The molecule has 1 unspecified atom stereocenters. The third-order valence-electron chi connectivity index (χ3n) is 2.51. The van der Waals surface area contributed by atoms with E-state index in [2.05, 4.69) is 15.6 Å². The van der Waals surface area contributed by atoms with E-state index in [9.17, 15) is 0 Å². The SMILES string of the molecule is CN=C(NCCOC)NCC(C)Oc1cccc(Cl)c1. The predicted molar refractivity (Wildman–Crippen MR) is 82.8 cm³/mol. The number of ether oxygens (including phenoxy) is 2. The number of hydrogen-bond acceptors (Lipinski definition) is 3. The molecule has 0 saturated carbocycles. The van der Waals surface area contributed by atoms with E-state index in [1.807, 2.05) is 25.1 Å². The fraction of sp³-hybridized carbons (Fsp3) is 0.500. The molecular formula is C14H22ClN3O2. The Balaban J connectivity index is 2.33. The van der Waals surface area contributed by atoms with Gasteiger partial charge >= 0.3 is 0 Å². The van der Waals surface area contributed by atoms with Gasteiger partial charge in [-0.2, -0.15) is 0 Å². The van der Waals surface area contributed by atoms with Crippen LogP contribution in [0.15, 0.2) is 29.3 Å². The molecule has 0 aliphatic heterocycles. The van der Waals surface area contributed by atoms with Gasteiger partial charge in [0.1, 0.15) is 11.9 Å². The van der Waals surface area contributed by atoms with Crippen molar-refractivity contribution in [2.45, 2.75) is 13.0 Å². The van der Waals surface area contributed by atoms with Crippen LogP contribution in [0, 0.1) is 0 Å². The molecule has 1 rings (SSSR count). The van der Waals surface area contributed by atoms with Gasteiger partial charge in [0.15, 0.2) is 5.96 Å². The van der Waals surface area contributed by atoms with Gasteiger partial charge in [0.25, 0.3) is 0 Å². The summed E-state index contributed by atoms with van der Waals surface area (Å²) in [6.45, 7) is 3.96. The first kappa shape index (κ1) is 16.6. The minimum atomic E-state index is -0.00515. The molecule has 0 spiro atoms. The molecule has 1 aromatic carbocycles. The van der Waals surface area contributed by atoms with E-state index in [1.54, 1.807) is 20.2 Å². The maximum absolute atomic E-state index is 5.91. The average molecular weight is 300 g/mol. The molecule has 1 aromatic rings. The van der Waals surface area contributed by atoms with Gasteiger partial charge in [-0.3, -0.25) is 4.99 Å². The van der Waals surface area contributed by atoms with Crippen LogP contribution in [-0.4, -0.2) is 45.9 Å². The minimum Gasteiger partial charge on any atom is -0.489 e. The van der Waals surface area contributed by atoms with E-state index in [-0.39, 0.29) is 6.10 Å². The largest absolute Gasteiger partial charge is 0.489 e. The molecule has 6 heteroatoms. The van der Waals surface area contributed by atoms with E-state index in [0.717, 1.165) is 11.7 Å². The summed E-state index contributed by atoms with van der Waals surface area (Å²) in [6, 6.07) is 7.36. The molecule has 1 atom stereocenters. The van der Waals surface area contributed by atoms with Crippen molar-refractivity contribution in [1.29, 1.82) is 0 Å². The summed E-state index contributed by atoms with van der Waals surface area (Å²) < 4.78 is 10.7. The molecule has 0 aliphatic rings. The summed E-state index contributed by atoms with van der Waals surface area (Å²) in [5, 5.41) is 6.99. The molecule has 0 amide bonds. The first-order valence-electron chi connectivity index (χ1n) is 6.51. The highest BCUT2D eigenvalue weighted by Gasteiger charge is 2.05. The minimum absolute atomic E-state index is 0.00515. The molecule has 2 N–H and O–H groups in total. The van der Waals surface area contributed by atoms with Crippen molar-refractivity contribution in [3.05, 3.63) is 29.3 Å². The Morgan fingerprint density at radius 3 is 2.85 bits per heavy atom. The van der Waals surface area contributed by atoms with Crippen molar-refractivity contribution in [2.75, 3.05) is 33.9 Å². The molecular weight excluding hydrogens is 278 g/mol. The average Bonchev–Trinajstić information content (AvgIpc) is 2.42. The van der Waals surface area contributed by atoms with E-state index < -0.39 is 0 Å². The molecule has 0 saturated heterocycles. The molecule has 20 heavy (non-hydrogen) atoms. The third kappa shape index (κ3) is 6.63. The van der Waals surface area contributed by atoms with Crippen LogP contribution >= 0.6 is 11.6 Å². The lowest BCUT2D eigenvalue weighted by Gasteiger charge is -2.17. The third-order valence-corrected chi connectivity index (χ3v) is 2.75. The van der Waals surface area contributed by atoms with Crippen LogP contribution in [0.5, 0.6) is 5.75 Å². The molecule has 0 bridgehead atoms. The lowest BCUT2D eigenvalue weighted by molar-refractivity contribution is 0.203. The number of rotatable bonds is 7. The van der Waals surface area contributed by atoms with Crippen LogP contribution in [0.1, 0.15) is 6.92 Å². The highest BCUT2D eigenvalue weighted by molar-refractivity contribution is 6.30. The second-order valence-corrected chi connectivity index (χ2v) is 4.69. The van der Waals surface area contributed by atoms with Crippen LogP contribution in [0.4, 0.5) is 0 Å². The molecule has 0 heterocycles. The van der Waals surface area contributed by atoms with Crippen molar-refractivity contribution >= 4 is 17.6 Å². The quantitative estimate of drug-likeness (QED) is 0.459. The van der Waals surface area contributed by atoms with Crippen molar-refractivity contribution in [3.63, 3.8) is 0 Å². The zero-order valence-corrected chi connectivity index (χ0v) is 12.9. The normalized spacial score (nSPS) is 12.9. The smallest absolute Gasteiger partial charge is 0.191 e. The van der Waals surface area contributed by atoms with Crippen molar-refractivity contribution in [3.8, 4) is 5.75 Å². The summed E-state index contributed by atoms with van der Waals surface area (Å²) in [7, 11) is 3.39. The number of methoxy groups -OCH3 is 1. The van der Waals surface area contributed by atoms with Gasteiger partial charge in [-0.1, -0.05) is 17.7 Å². The number of nitrogens with zero attached hydrogens (tertiary/aromatic N) is 1. The molecule has 0 radical (unpaired) electrons. The summed E-state index contributed by atoms with van der Waals surface area (Å²) in [5.41, 5.74) is 0. The second-order valence-electron chi connectivity index (χ2n) is 4.26. The van der Waals surface area contributed by atoms with Crippen LogP contribution in [-0.2, 0) is 4.74 Å². The number of nitrogens with one attached hydrogen (secondary N) is 2. The van der Waals surface area contributed by atoms with E-state index in [4.69, 9.17) is 21.1 Å². The molecule has 112 valence electrons. The highest BCUT2D eigenvalue weighted by atomic mass is 35.5. The van der Waals surface area contributed by atoms with Crippen LogP contribution in [0.2, 0.25) is 5.02 Å². The molecule has 0 aromatic heterocycles. The maximum Gasteiger partial charge on any atom is 0.191 e. The van der Waals surface area contributed by atoms with Gasteiger partial charge in [-0.05, 0) is 25.1 Å². The van der Waals surface area contributed by atoms with Gasteiger partial charge in [0.05, 0.1) is 13.2 Å². The Morgan fingerprint density at radius 1 is 1.40 bits per heavy atom. The molecule has 0 aliphatic carbocycles. The Morgan fingerprint density at radius 2 is 2.20 bits per heavy atom. The molecule has 5 nitrogen and oxygen atoms in total. The Hall–Kier alpha value is -1.46. The van der Waals surface area contributed by atoms with Gasteiger partial charge in [0.2, 0.25) is 0 Å². The number of halogens is 1. The lowest BCUT2D eigenvalue weighted by Crippen LogP contribution is -2.42. The Bertz CT molecular complexity index is 427. The van der Waals surface area contributed by atoms with E-state index in [0.29, 0.717) is 24.7 Å². The van der Waals surface area contributed by atoms with Gasteiger partial charge in [-0.15, -0.1) is 0 Å². The zero-order valence-electron chi connectivity index (χ0n) is 12.1. The fourth-order valence-electron chi connectivity index (χ4n) is 1.55. The summed E-state index contributed by atoms with van der Waals surface area (Å²) >= 11 is 5.91. The van der Waals surface area contributed by atoms with Crippen LogP contribution < -0.4 is 15.4 Å². The Kier molecular flexibility index (Phi) is 7.84. The standard InChI is InChI=1S/C14H22ClN3O2/c1-11(20-13-6-4-5-12(15)9-13)10-18-14(16-2)17-7-8-19-3/h4-6,9,11H,7-8,10H2,1-3H3,(H2,16,17,18). The van der Waals surface area contributed by atoms with Crippen LogP contribution in [0.25, 0.3) is 0 Å². The summed E-state index contributed by atoms with van der Waals surface area (Å²) in [5.74, 6) is 1.48. The van der Waals surface area contributed by atoms with Crippen LogP contribution in [0.3, 0.4) is 0 Å². The van der Waals surface area contributed by atoms with E-state index >= 15 is 0 Å². The predicted octanol–water partition coefficient (Wildman–Crippen LogP) is 1.92. The van der Waals surface area contributed by atoms with Crippen molar-refractivity contribution in [2.24, 2.45) is 4.99 Å². The number of hydrogen-bond donors (Lipinski definition) is 2. The fourth-order valence-corrected chi connectivity index (χ4v) is 1.73. The van der Waals surface area contributed by atoms with Gasteiger partial charge in [-0.25, -0.2) is 0 Å². The zero-order chi connectivity index (χ0) is 14.8. The van der Waals surface area contributed by atoms with E-state index in [1.165, 1.54) is 0 Å².